The van der Waals surface area contributed by atoms with Crippen LogP contribution in [0.2, 0.25) is 0 Å². The van der Waals surface area contributed by atoms with E-state index < -0.39 is 0 Å². The predicted molar refractivity (Wildman–Crippen MR) is 124 cm³/mol. The first-order valence-corrected chi connectivity index (χ1v) is 10.2. The number of rotatable bonds is 6. The van der Waals surface area contributed by atoms with E-state index in [0.29, 0.717) is 12.8 Å². The molecule has 0 aliphatic carbocycles. The summed E-state index contributed by atoms with van der Waals surface area (Å²) in [4.78, 5) is 24.5. The summed E-state index contributed by atoms with van der Waals surface area (Å²) in [6.07, 6.45) is 0.963. The zero-order valence-electron chi connectivity index (χ0n) is 17.9. The summed E-state index contributed by atoms with van der Waals surface area (Å²) in [7, 11) is 5.18. The number of hydrogen-bond donors (Lipinski definition) is 1. The van der Waals surface area contributed by atoms with Crippen molar-refractivity contribution in [2.75, 3.05) is 12.4 Å². The van der Waals surface area contributed by atoms with Crippen LogP contribution >= 0.6 is 0 Å². The van der Waals surface area contributed by atoms with E-state index in [1.807, 2.05) is 66.7 Å². The number of fused-ring (bicyclic) bond motifs is 1. The first-order chi connectivity index (χ1) is 15.0. The van der Waals surface area contributed by atoms with E-state index in [4.69, 9.17) is 4.74 Å². The monoisotopic (exact) mass is 415 g/mol. The molecule has 4 aromatic rings. The number of ether oxygens (including phenoxy) is 1. The average Bonchev–Trinajstić information content (AvgIpc) is 3.02. The number of aryl methyl sites for hydroxylation is 3. The molecule has 1 heterocycles. The van der Waals surface area contributed by atoms with Crippen LogP contribution in [0.15, 0.2) is 71.5 Å². The van der Waals surface area contributed by atoms with Gasteiger partial charge in [0, 0.05) is 31.8 Å². The third kappa shape index (κ3) is 4.10. The number of nitrogens with one attached hydrogen (secondary N) is 1. The summed E-state index contributed by atoms with van der Waals surface area (Å²) in [6, 6.07) is 21.4. The largest absolute Gasteiger partial charge is 0.496 e. The van der Waals surface area contributed by atoms with E-state index >= 15 is 0 Å². The minimum atomic E-state index is -0.0542. The highest BCUT2D eigenvalue weighted by Gasteiger charge is 2.10. The van der Waals surface area contributed by atoms with Gasteiger partial charge in [0.05, 0.1) is 18.1 Å². The fraction of sp³-hybridized carbons (Fsp3) is 0.200. The second kappa shape index (κ2) is 8.52. The minimum Gasteiger partial charge on any atom is -0.496 e. The van der Waals surface area contributed by atoms with Crippen molar-refractivity contribution in [1.29, 1.82) is 0 Å². The Balaban J connectivity index is 1.40. The molecule has 0 atom stereocenters. The zero-order chi connectivity index (χ0) is 22.0. The van der Waals surface area contributed by atoms with E-state index in [1.165, 1.54) is 0 Å². The van der Waals surface area contributed by atoms with Gasteiger partial charge in [0.25, 0.3) is 0 Å². The second-order valence-electron chi connectivity index (χ2n) is 7.55. The maximum absolute atomic E-state index is 12.4. The van der Waals surface area contributed by atoms with Gasteiger partial charge in [-0.2, -0.15) is 0 Å². The SMILES string of the molecule is COc1ccccc1-c1ccc(NC(=O)CCc2ccc3c(c2)n(C)c(=O)n3C)cc1. The number of benzene rings is 3. The lowest BCUT2D eigenvalue weighted by Crippen LogP contribution is -2.19. The maximum atomic E-state index is 12.4. The first-order valence-electron chi connectivity index (χ1n) is 10.2. The van der Waals surface area contributed by atoms with Crippen LogP contribution in [0.4, 0.5) is 5.69 Å². The molecule has 0 saturated heterocycles. The van der Waals surface area contributed by atoms with Gasteiger partial charge in [-0.3, -0.25) is 13.9 Å². The van der Waals surface area contributed by atoms with Crippen molar-refractivity contribution < 1.29 is 9.53 Å². The van der Waals surface area contributed by atoms with Crippen LogP contribution in [0.5, 0.6) is 5.75 Å². The fourth-order valence-corrected chi connectivity index (χ4v) is 3.81. The number of nitrogens with zero attached hydrogens (tertiary/aromatic N) is 2. The molecule has 4 rings (SSSR count). The molecule has 1 N–H and O–H groups in total. The summed E-state index contributed by atoms with van der Waals surface area (Å²) in [5.74, 6) is 0.763. The van der Waals surface area contributed by atoms with Crippen molar-refractivity contribution >= 4 is 22.6 Å². The zero-order valence-corrected chi connectivity index (χ0v) is 17.9. The Labute approximate surface area is 180 Å². The van der Waals surface area contributed by atoms with Crippen LogP contribution in [0.1, 0.15) is 12.0 Å². The number of imidazole rings is 1. The maximum Gasteiger partial charge on any atom is 0.328 e. The normalized spacial score (nSPS) is 10.9. The third-order valence-electron chi connectivity index (χ3n) is 5.56. The summed E-state index contributed by atoms with van der Waals surface area (Å²) < 4.78 is 8.67. The fourth-order valence-electron chi connectivity index (χ4n) is 3.81. The average molecular weight is 415 g/mol. The molecule has 0 bridgehead atoms. The molecule has 1 amide bonds. The lowest BCUT2D eigenvalue weighted by molar-refractivity contribution is -0.116. The third-order valence-corrected chi connectivity index (χ3v) is 5.56. The number of hydrogen-bond acceptors (Lipinski definition) is 3. The summed E-state index contributed by atoms with van der Waals surface area (Å²) in [6.45, 7) is 0. The highest BCUT2D eigenvalue weighted by atomic mass is 16.5. The lowest BCUT2D eigenvalue weighted by Gasteiger charge is -2.10. The summed E-state index contributed by atoms with van der Waals surface area (Å²) >= 11 is 0. The van der Waals surface area contributed by atoms with E-state index in [2.05, 4.69) is 5.32 Å². The number of carbonyl (C=O) groups is 1. The molecule has 3 aromatic carbocycles. The molecule has 6 nitrogen and oxygen atoms in total. The van der Waals surface area contributed by atoms with Crippen molar-refractivity contribution in [3.63, 3.8) is 0 Å². The molecule has 0 saturated carbocycles. The standard InChI is InChI=1S/C25H25N3O3/c1-27-21-14-8-17(16-22(21)28(2)25(27)30)9-15-24(29)26-19-12-10-18(11-13-19)20-6-4-5-7-23(20)31-3/h4-8,10-14,16H,9,15H2,1-3H3,(H,26,29). The van der Waals surface area contributed by atoms with Crippen molar-refractivity contribution in [3.8, 4) is 16.9 Å². The Bertz CT molecular complexity index is 1300. The highest BCUT2D eigenvalue weighted by molar-refractivity contribution is 5.91. The van der Waals surface area contributed by atoms with Crippen LogP contribution in [0, 0.1) is 0 Å². The molecule has 0 radical (unpaired) electrons. The Morgan fingerprint density at radius 2 is 1.65 bits per heavy atom. The Hall–Kier alpha value is -3.80. The second-order valence-corrected chi connectivity index (χ2v) is 7.55. The molecule has 0 fully saturated rings. The van der Waals surface area contributed by atoms with Gasteiger partial charge in [-0.25, -0.2) is 4.79 Å². The number of carbonyl (C=O) groups excluding carboxylic acids is 1. The van der Waals surface area contributed by atoms with Crippen LogP contribution in [-0.2, 0) is 25.3 Å². The van der Waals surface area contributed by atoms with Crippen molar-refractivity contribution in [3.05, 3.63) is 82.8 Å². The van der Waals surface area contributed by atoms with Gasteiger partial charge in [-0.15, -0.1) is 0 Å². The Morgan fingerprint density at radius 1 is 0.935 bits per heavy atom. The van der Waals surface area contributed by atoms with Crippen molar-refractivity contribution in [2.24, 2.45) is 14.1 Å². The number of amides is 1. The number of para-hydroxylation sites is 1. The molecular weight excluding hydrogens is 390 g/mol. The van der Waals surface area contributed by atoms with Gasteiger partial charge < -0.3 is 10.1 Å². The molecule has 6 heteroatoms. The Morgan fingerprint density at radius 3 is 2.39 bits per heavy atom. The number of methoxy groups -OCH3 is 1. The molecule has 31 heavy (non-hydrogen) atoms. The quantitative estimate of drug-likeness (QED) is 0.515. The van der Waals surface area contributed by atoms with Crippen molar-refractivity contribution in [1.82, 2.24) is 9.13 Å². The van der Waals surface area contributed by atoms with Crippen LogP contribution in [-0.4, -0.2) is 22.2 Å². The molecular formula is C25H25N3O3. The molecule has 1 aromatic heterocycles. The van der Waals surface area contributed by atoms with Crippen LogP contribution in [0.25, 0.3) is 22.2 Å². The smallest absolute Gasteiger partial charge is 0.328 e. The summed E-state index contributed by atoms with van der Waals surface area (Å²) in [5.41, 5.74) is 5.51. The van der Waals surface area contributed by atoms with Gasteiger partial charge in [-0.05, 0) is 47.9 Å². The van der Waals surface area contributed by atoms with Gasteiger partial charge >= 0.3 is 5.69 Å². The minimum absolute atomic E-state index is 0.0490. The van der Waals surface area contributed by atoms with Gasteiger partial charge in [0.2, 0.25) is 5.91 Å². The molecule has 0 aliphatic rings. The molecule has 0 unspecified atom stereocenters. The topological polar surface area (TPSA) is 65.3 Å². The van der Waals surface area contributed by atoms with Gasteiger partial charge in [-0.1, -0.05) is 36.4 Å². The van der Waals surface area contributed by atoms with Gasteiger partial charge in [0.1, 0.15) is 5.75 Å². The van der Waals surface area contributed by atoms with Crippen LogP contribution in [0.3, 0.4) is 0 Å². The van der Waals surface area contributed by atoms with E-state index in [1.54, 1.807) is 30.3 Å². The van der Waals surface area contributed by atoms with E-state index in [-0.39, 0.29) is 11.6 Å². The molecule has 158 valence electrons. The lowest BCUT2D eigenvalue weighted by atomic mass is 10.0. The number of aromatic nitrogens is 2. The van der Waals surface area contributed by atoms with Crippen molar-refractivity contribution in [2.45, 2.75) is 12.8 Å². The van der Waals surface area contributed by atoms with E-state index in [0.717, 1.165) is 39.2 Å². The predicted octanol–water partition coefficient (Wildman–Crippen LogP) is 4.12. The molecule has 0 spiro atoms. The van der Waals surface area contributed by atoms with Crippen LogP contribution < -0.4 is 15.7 Å². The first kappa shape index (κ1) is 20.5. The van der Waals surface area contributed by atoms with Gasteiger partial charge in [0.15, 0.2) is 0 Å². The summed E-state index contributed by atoms with van der Waals surface area (Å²) in [5, 5.41) is 2.95. The van der Waals surface area contributed by atoms with E-state index in [9.17, 15) is 9.59 Å². The molecule has 0 aliphatic heterocycles. The number of anilines is 1. The highest BCUT2D eigenvalue weighted by Crippen LogP contribution is 2.30. The Kier molecular flexibility index (Phi) is 5.62.